The minimum absolute atomic E-state index is 0.217. The van der Waals surface area contributed by atoms with E-state index in [0.29, 0.717) is 16.7 Å². The summed E-state index contributed by atoms with van der Waals surface area (Å²) in [7, 11) is 0. The van der Waals surface area contributed by atoms with Crippen LogP contribution in [0.5, 0.6) is 0 Å². The molecule has 0 aliphatic carbocycles. The second kappa shape index (κ2) is 4.39. The summed E-state index contributed by atoms with van der Waals surface area (Å²) < 4.78 is 14.0. The molecule has 0 atom stereocenters. The van der Waals surface area contributed by atoms with Crippen LogP contribution in [0.3, 0.4) is 0 Å². The largest absolute Gasteiger partial charge is 0.206 e. The standard InChI is InChI=1S/C15H12FN/c1-10-6-7-12(9-17)8-14(10)13-5-3-4-11(2)15(13)16/h3-8H,1-2H3. The third kappa shape index (κ3) is 2.05. The summed E-state index contributed by atoms with van der Waals surface area (Å²) in [4.78, 5) is 0. The first-order valence-electron chi connectivity index (χ1n) is 5.39. The van der Waals surface area contributed by atoms with Crippen LogP contribution in [0.15, 0.2) is 36.4 Å². The average Bonchev–Trinajstić information content (AvgIpc) is 2.34. The van der Waals surface area contributed by atoms with Crippen LogP contribution in [0.4, 0.5) is 4.39 Å². The van der Waals surface area contributed by atoms with Crippen molar-refractivity contribution in [3.8, 4) is 17.2 Å². The van der Waals surface area contributed by atoms with Crippen LogP contribution in [-0.2, 0) is 0 Å². The van der Waals surface area contributed by atoms with Gasteiger partial charge in [0, 0.05) is 5.56 Å². The highest BCUT2D eigenvalue weighted by molar-refractivity contribution is 5.70. The Balaban J connectivity index is 2.68. The molecule has 1 nitrogen and oxygen atoms in total. The molecule has 2 rings (SSSR count). The van der Waals surface area contributed by atoms with E-state index in [0.717, 1.165) is 11.1 Å². The zero-order chi connectivity index (χ0) is 12.4. The first-order valence-corrected chi connectivity index (χ1v) is 5.39. The van der Waals surface area contributed by atoms with E-state index in [2.05, 4.69) is 6.07 Å². The van der Waals surface area contributed by atoms with Crippen molar-refractivity contribution in [1.82, 2.24) is 0 Å². The van der Waals surface area contributed by atoms with Crippen molar-refractivity contribution in [2.75, 3.05) is 0 Å². The van der Waals surface area contributed by atoms with Gasteiger partial charge in [0.2, 0.25) is 0 Å². The SMILES string of the molecule is Cc1ccc(C#N)cc1-c1cccc(C)c1F. The normalized spacial score (nSPS) is 10.0. The van der Waals surface area contributed by atoms with Crippen LogP contribution in [0.2, 0.25) is 0 Å². The van der Waals surface area contributed by atoms with E-state index in [1.165, 1.54) is 0 Å². The van der Waals surface area contributed by atoms with Gasteiger partial charge in [-0.05, 0) is 42.7 Å². The molecule has 0 amide bonds. The Hall–Kier alpha value is -2.14. The van der Waals surface area contributed by atoms with Gasteiger partial charge in [-0.1, -0.05) is 24.3 Å². The molecular weight excluding hydrogens is 213 g/mol. The summed E-state index contributed by atoms with van der Waals surface area (Å²) in [6.45, 7) is 3.65. The third-order valence-electron chi connectivity index (χ3n) is 2.85. The minimum atomic E-state index is -0.217. The summed E-state index contributed by atoms with van der Waals surface area (Å²) in [5.41, 5.74) is 3.47. The Morgan fingerprint density at radius 3 is 2.47 bits per heavy atom. The van der Waals surface area contributed by atoms with E-state index in [1.54, 1.807) is 31.2 Å². The van der Waals surface area contributed by atoms with Gasteiger partial charge in [-0.3, -0.25) is 0 Å². The van der Waals surface area contributed by atoms with Crippen molar-refractivity contribution in [1.29, 1.82) is 5.26 Å². The van der Waals surface area contributed by atoms with E-state index in [4.69, 9.17) is 5.26 Å². The second-order valence-electron chi connectivity index (χ2n) is 4.08. The molecule has 0 heterocycles. The van der Waals surface area contributed by atoms with Crippen molar-refractivity contribution in [3.63, 3.8) is 0 Å². The summed E-state index contributed by atoms with van der Waals surface area (Å²) in [5.74, 6) is -0.217. The van der Waals surface area contributed by atoms with E-state index in [1.807, 2.05) is 19.1 Å². The second-order valence-corrected chi connectivity index (χ2v) is 4.08. The summed E-state index contributed by atoms with van der Waals surface area (Å²) in [6, 6.07) is 12.7. The van der Waals surface area contributed by atoms with E-state index >= 15 is 0 Å². The van der Waals surface area contributed by atoms with Gasteiger partial charge in [0.25, 0.3) is 0 Å². The highest BCUT2D eigenvalue weighted by atomic mass is 19.1. The maximum absolute atomic E-state index is 14.0. The lowest BCUT2D eigenvalue weighted by Crippen LogP contribution is -1.91. The molecule has 0 saturated heterocycles. The van der Waals surface area contributed by atoms with Gasteiger partial charge in [0.1, 0.15) is 5.82 Å². The molecule has 0 spiro atoms. The maximum atomic E-state index is 14.0. The van der Waals surface area contributed by atoms with Gasteiger partial charge in [0.05, 0.1) is 11.6 Å². The Labute approximate surface area is 100 Å². The first kappa shape index (κ1) is 11.3. The topological polar surface area (TPSA) is 23.8 Å². The third-order valence-corrected chi connectivity index (χ3v) is 2.85. The molecule has 17 heavy (non-hydrogen) atoms. The van der Waals surface area contributed by atoms with Gasteiger partial charge in [-0.25, -0.2) is 4.39 Å². The fraction of sp³-hybridized carbons (Fsp3) is 0.133. The summed E-state index contributed by atoms with van der Waals surface area (Å²) in [5, 5.41) is 8.88. The van der Waals surface area contributed by atoms with Crippen molar-refractivity contribution in [2.24, 2.45) is 0 Å². The van der Waals surface area contributed by atoms with Crippen molar-refractivity contribution in [3.05, 3.63) is 58.9 Å². The van der Waals surface area contributed by atoms with Gasteiger partial charge in [-0.2, -0.15) is 5.26 Å². The predicted molar refractivity (Wildman–Crippen MR) is 66.0 cm³/mol. The van der Waals surface area contributed by atoms with Crippen molar-refractivity contribution >= 4 is 0 Å². The van der Waals surface area contributed by atoms with E-state index < -0.39 is 0 Å². The highest BCUT2D eigenvalue weighted by Gasteiger charge is 2.10. The Bertz CT molecular complexity index is 609. The zero-order valence-corrected chi connectivity index (χ0v) is 9.79. The summed E-state index contributed by atoms with van der Waals surface area (Å²) >= 11 is 0. The predicted octanol–water partition coefficient (Wildman–Crippen LogP) is 3.98. The highest BCUT2D eigenvalue weighted by Crippen LogP contribution is 2.28. The number of nitriles is 1. The molecule has 0 aliphatic heterocycles. The Morgan fingerprint density at radius 2 is 1.76 bits per heavy atom. The van der Waals surface area contributed by atoms with Gasteiger partial charge < -0.3 is 0 Å². The molecule has 0 aromatic heterocycles. The molecule has 0 saturated carbocycles. The molecule has 2 heteroatoms. The smallest absolute Gasteiger partial charge is 0.133 e. The number of nitrogens with zero attached hydrogens (tertiary/aromatic N) is 1. The van der Waals surface area contributed by atoms with E-state index in [-0.39, 0.29) is 5.82 Å². The first-order chi connectivity index (χ1) is 8.13. The Kier molecular flexibility index (Phi) is 2.93. The molecule has 0 fully saturated rings. The number of hydrogen-bond donors (Lipinski definition) is 0. The van der Waals surface area contributed by atoms with Crippen LogP contribution in [0.25, 0.3) is 11.1 Å². The van der Waals surface area contributed by atoms with Crippen molar-refractivity contribution < 1.29 is 4.39 Å². The molecule has 84 valence electrons. The van der Waals surface area contributed by atoms with Gasteiger partial charge >= 0.3 is 0 Å². The van der Waals surface area contributed by atoms with Crippen LogP contribution < -0.4 is 0 Å². The Morgan fingerprint density at radius 1 is 1.00 bits per heavy atom. The lowest BCUT2D eigenvalue weighted by atomic mass is 9.96. The lowest BCUT2D eigenvalue weighted by molar-refractivity contribution is 0.622. The fourth-order valence-corrected chi connectivity index (χ4v) is 1.84. The molecule has 0 bridgehead atoms. The van der Waals surface area contributed by atoms with Crippen LogP contribution in [0, 0.1) is 31.0 Å². The quantitative estimate of drug-likeness (QED) is 0.720. The van der Waals surface area contributed by atoms with Crippen molar-refractivity contribution in [2.45, 2.75) is 13.8 Å². The number of aryl methyl sites for hydroxylation is 2. The number of hydrogen-bond acceptors (Lipinski definition) is 1. The van der Waals surface area contributed by atoms with Crippen LogP contribution >= 0.6 is 0 Å². The van der Waals surface area contributed by atoms with Crippen LogP contribution in [0.1, 0.15) is 16.7 Å². The number of benzene rings is 2. The van der Waals surface area contributed by atoms with Crippen LogP contribution in [-0.4, -0.2) is 0 Å². The molecule has 0 radical (unpaired) electrons. The molecule has 0 unspecified atom stereocenters. The molecule has 0 N–H and O–H groups in total. The molecule has 2 aromatic carbocycles. The maximum Gasteiger partial charge on any atom is 0.133 e. The van der Waals surface area contributed by atoms with Gasteiger partial charge in [0.15, 0.2) is 0 Å². The molecule has 2 aromatic rings. The van der Waals surface area contributed by atoms with E-state index in [9.17, 15) is 4.39 Å². The average molecular weight is 225 g/mol. The lowest BCUT2D eigenvalue weighted by Gasteiger charge is -2.09. The molecule has 0 aliphatic rings. The fourth-order valence-electron chi connectivity index (χ4n) is 1.84. The number of rotatable bonds is 1. The summed E-state index contributed by atoms with van der Waals surface area (Å²) in [6.07, 6.45) is 0. The molecular formula is C15H12FN. The minimum Gasteiger partial charge on any atom is -0.206 e. The number of halogens is 1. The monoisotopic (exact) mass is 225 g/mol. The zero-order valence-electron chi connectivity index (χ0n) is 9.79. The van der Waals surface area contributed by atoms with Gasteiger partial charge in [-0.15, -0.1) is 0 Å².